The normalized spacial score (nSPS) is 14.1. The molecule has 0 aliphatic carbocycles. The van der Waals surface area contributed by atoms with Gasteiger partial charge in [-0.05, 0) is 41.0 Å². The molecule has 0 unspecified atom stereocenters. The zero-order valence-electron chi connectivity index (χ0n) is 9.60. The van der Waals surface area contributed by atoms with Gasteiger partial charge in [0.2, 0.25) is 0 Å². The molecule has 5 heteroatoms. The van der Waals surface area contributed by atoms with Crippen LogP contribution in [-0.4, -0.2) is 17.8 Å². The van der Waals surface area contributed by atoms with E-state index < -0.39 is 12.2 Å². The number of hydrogen-bond acceptors (Lipinski definition) is 3. The Bertz CT molecular complexity index is 384. The fourth-order valence-electron chi connectivity index (χ4n) is 1.55. The van der Waals surface area contributed by atoms with E-state index in [-0.39, 0.29) is 12.5 Å². The third kappa shape index (κ3) is 4.51. The molecule has 1 aromatic rings. The average Bonchev–Trinajstić information content (AvgIpc) is 2.28. The minimum absolute atomic E-state index is 0.0513. The van der Waals surface area contributed by atoms with E-state index >= 15 is 0 Å². The van der Waals surface area contributed by atoms with E-state index in [1.807, 2.05) is 31.2 Å². The van der Waals surface area contributed by atoms with Gasteiger partial charge in [-0.15, -0.1) is 0 Å². The van der Waals surface area contributed by atoms with E-state index in [4.69, 9.17) is 15.6 Å². The van der Waals surface area contributed by atoms with Crippen LogP contribution in [0.15, 0.2) is 24.3 Å². The molecule has 17 heavy (non-hydrogen) atoms. The number of hydrogen-bond donors (Lipinski definition) is 2. The number of rotatable bonds is 5. The number of halogens is 1. The maximum atomic E-state index is 10.9. The lowest BCUT2D eigenvalue weighted by molar-refractivity contribution is 0.0816. The zero-order valence-corrected chi connectivity index (χ0v) is 11.8. The summed E-state index contributed by atoms with van der Waals surface area (Å²) in [5.74, 6) is 0.0513. The Morgan fingerprint density at radius 2 is 2.18 bits per heavy atom. The molecule has 2 atom stereocenters. The van der Waals surface area contributed by atoms with E-state index in [9.17, 15) is 4.79 Å². The molecule has 0 saturated carbocycles. The van der Waals surface area contributed by atoms with Crippen LogP contribution >= 0.6 is 22.6 Å². The van der Waals surface area contributed by atoms with Crippen LogP contribution in [0.4, 0.5) is 4.79 Å². The fraction of sp³-hybridized carbons (Fsp3) is 0.417. The first-order valence-electron chi connectivity index (χ1n) is 5.36. The number of aliphatic hydroxyl groups is 1. The van der Waals surface area contributed by atoms with Crippen molar-refractivity contribution in [2.24, 2.45) is 11.7 Å². The molecule has 0 saturated heterocycles. The largest absolute Gasteiger partial charge is 0.441 e. The lowest BCUT2D eigenvalue weighted by Crippen LogP contribution is -2.20. The van der Waals surface area contributed by atoms with E-state index in [1.165, 1.54) is 0 Å². The Morgan fingerprint density at radius 3 is 2.71 bits per heavy atom. The van der Waals surface area contributed by atoms with Crippen molar-refractivity contribution in [2.75, 3.05) is 6.61 Å². The standard InChI is InChI=1S/C12H16INO3/c1-8(7-15)6-11(17-12(14)16)9-4-2-3-5-10(9)13/h2-5,8,11,15H,6-7H2,1H3,(H2,14,16)/t8-,11-/m0/s1. The highest BCUT2D eigenvalue weighted by Gasteiger charge is 2.20. The van der Waals surface area contributed by atoms with Gasteiger partial charge in [-0.25, -0.2) is 4.79 Å². The summed E-state index contributed by atoms with van der Waals surface area (Å²) in [6.45, 7) is 1.95. The van der Waals surface area contributed by atoms with Gasteiger partial charge in [-0.2, -0.15) is 0 Å². The number of aliphatic hydroxyl groups excluding tert-OH is 1. The minimum atomic E-state index is -0.792. The predicted octanol–water partition coefficient (Wildman–Crippen LogP) is 2.45. The summed E-state index contributed by atoms with van der Waals surface area (Å²) < 4.78 is 6.13. The third-order valence-electron chi connectivity index (χ3n) is 2.44. The summed E-state index contributed by atoms with van der Waals surface area (Å²) in [6.07, 6.45) is -0.637. The van der Waals surface area contributed by atoms with Crippen molar-refractivity contribution in [3.63, 3.8) is 0 Å². The number of carbonyl (C=O) groups excluding carboxylic acids is 1. The Balaban J connectivity index is 2.89. The Labute approximate surface area is 114 Å². The van der Waals surface area contributed by atoms with Gasteiger partial charge in [0.15, 0.2) is 0 Å². The van der Waals surface area contributed by atoms with Crippen LogP contribution in [0.2, 0.25) is 0 Å². The Hall–Kier alpha value is -0.820. The molecule has 3 N–H and O–H groups in total. The molecule has 1 amide bonds. The van der Waals surface area contributed by atoms with Gasteiger partial charge >= 0.3 is 6.09 Å². The predicted molar refractivity (Wildman–Crippen MR) is 73.4 cm³/mol. The molecule has 94 valence electrons. The van der Waals surface area contributed by atoms with Crippen LogP contribution < -0.4 is 5.73 Å². The second-order valence-electron chi connectivity index (χ2n) is 3.97. The van der Waals surface area contributed by atoms with Gasteiger partial charge in [0, 0.05) is 15.7 Å². The van der Waals surface area contributed by atoms with Gasteiger partial charge in [-0.3, -0.25) is 0 Å². The number of ether oxygens (including phenoxy) is 1. The van der Waals surface area contributed by atoms with Crippen molar-refractivity contribution >= 4 is 28.7 Å². The van der Waals surface area contributed by atoms with E-state index in [0.717, 1.165) is 9.13 Å². The van der Waals surface area contributed by atoms with E-state index in [2.05, 4.69) is 22.6 Å². The van der Waals surface area contributed by atoms with Crippen molar-refractivity contribution in [3.05, 3.63) is 33.4 Å². The smallest absolute Gasteiger partial charge is 0.405 e. The highest BCUT2D eigenvalue weighted by Crippen LogP contribution is 2.28. The lowest BCUT2D eigenvalue weighted by Gasteiger charge is -2.20. The molecule has 0 spiro atoms. The first-order chi connectivity index (χ1) is 8.04. The van der Waals surface area contributed by atoms with Gasteiger partial charge < -0.3 is 15.6 Å². The van der Waals surface area contributed by atoms with Crippen molar-refractivity contribution in [1.82, 2.24) is 0 Å². The van der Waals surface area contributed by atoms with Crippen LogP contribution in [0.1, 0.15) is 25.0 Å². The highest BCUT2D eigenvalue weighted by atomic mass is 127. The van der Waals surface area contributed by atoms with Crippen molar-refractivity contribution in [2.45, 2.75) is 19.4 Å². The van der Waals surface area contributed by atoms with Gasteiger partial charge in [0.25, 0.3) is 0 Å². The number of benzene rings is 1. The number of carbonyl (C=O) groups is 1. The summed E-state index contributed by atoms with van der Waals surface area (Å²) in [4.78, 5) is 10.9. The van der Waals surface area contributed by atoms with Crippen molar-refractivity contribution in [1.29, 1.82) is 0 Å². The maximum absolute atomic E-state index is 10.9. The molecule has 0 aliphatic heterocycles. The summed E-state index contributed by atoms with van der Waals surface area (Å²) >= 11 is 2.19. The lowest BCUT2D eigenvalue weighted by atomic mass is 9.99. The van der Waals surface area contributed by atoms with Crippen molar-refractivity contribution in [3.8, 4) is 0 Å². The zero-order chi connectivity index (χ0) is 12.8. The van der Waals surface area contributed by atoms with Crippen LogP contribution in [0.25, 0.3) is 0 Å². The molecule has 0 aromatic heterocycles. The summed E-state index contributed by atoms with van der Waals surface area (Å²) in [5, 5.41) is 9.06. The molecule has 1 rings (SSSR count). The number of amides is 1. The summed E-state index contributed by atoms with van der Waals surface area (Å²) in [6, 6.07) is 7.65. The van der Waals surface area contributed by atoms with Gasteiger partial charge in [0.1, 0.15) is 6.10 Å². The van der Waals surface area contributed by atoms with Crippen LogP contribution in [0.3, 0.4) is 0 Å². The molecule has 0 aliphatic rings. The third-order valence-corrected chi connectivity index (χ3v) is 3.42. The number of nitrogens with two attached hydrogens (primary N) is 1. The molecular weight excluding hydrogens is 333 g/mol. The molecule has 0 fully saturated rings. The SMILES string of the molecule is C[C@H](CO)C[C@H](OC(N)=O)c1ccccc1I. The topological polar surface area (TPSA) is 72.6 Å². The quantitative estimate of drug-likeness (QED) is 0.802. The molecule has 1 aromatic carbocycles. The molecular formula is C12H16INO3. The summed E-state index contributed by atoms with van der Waals surface area (Å²) in [5.41, 5.74) is 6.00. The monoisotopic (exact) mass is 349 g/mol. The second-order valence-corrected chi connectivity index (χ2v) is 5.13. The average molecular weight is 349 g/mol. The molecule has 4 nitrogen and oxygen atoms in total. The molecule has 0 radical (unpaired) electrons. The van der Waals surface area contributed by atoms with Gasteiger partial charge in [-0.1, -0.05) is 25.1 Å². The van der Waals surface area contributed by atoms with Gasteiger partial charge in [0.05, 0.1) is 0 Å². The minimum Gasteiger partial charge on any atom is -0.441 e. The first-order valence-corrected chi connectivity index (χ1v) is 6.43. The van der Waals surface area contributed by atoms with Crippen LogP contribution in [0, 0.1) is 9.49 Å². The fourth-order valence-corrected chi connectivity index (χ4v) is 2.29. The summed E-state index contributed by atoms with van der Waals surface area (Å²) in [7, 11) is 0. The van der Waals surface area contributed by atoms with Crippen LogP contribution in [-0.2, 0) is 4.74 Å². The molecule has 0 heterocycles. The maximum Gasteiger partial charge on any atom is 0.405 e. The van der Waals surface area contributed by atoms with Crippen LogP contribution in [0.5, 0.6) is 0 Å². The highest BCUT2D eigenvalue weighted by molar-refractivity contribution is 14.1. The van der Waals surface area contributed by atoms with E-state index in [0.29, 0.717) is 6.42 Å². The first kappa shape index (κ1) is 14.2. The Morgan fingerprint density at radius 1 is 1.53 bits per heavy atom. The number of primary amides is 1. The second kappa shape index (κ2) is 6.80. The van der Waals surface area contributed by atoms with Crippen molar-refractivity contribution < 1.29 is 14.6 Å². The Kier molecular flexibility index (Phi) is 5.70. The molecule has 0 bridgehead atoms. The van der Waals surface area contributed by atoms with E-state index in [1.54, 1.807) is 0 Å².